The van der Waals surface area contributed by atoms with E-state index in [2.05, 4.69) is 0 Å². The Kier molecular flexibility index (Phi) is 2.66. The Morgan fingerprint density at radius 1 is 1.41 bits per heavy atom. The Balaban J connectivity index is 2.08. The van der Waals surface area contributed by atoms with Crippen molar-refractivity contribution in [2.45, 2.75) is 38.5 Å². The maximum atomic E-state index is 11.7. The molecule has 0 saturated carbocycles. The molecule has 0 radical (unpaired) electrons. The summed E-state index contributed by atoms with van der Waals surface area (Å²) < 4.78 is 10.3. The first-order valence-corrected chi connectivity index (χ1v) is 5.60. The number of carbonyl (C=O) groups is 1. The van der Waals surface area contributed by atoms with Crippen molar-refractivity contribution >= 4 is 6.09 Å². The van der Waals surface area contributed by atoms with Crippen LogP contribution in [-0.4, -0.2) is 34.0 Å². The largest absolute Gasteiger partial charge is 0.469 e. The van der Waals surface area contributed by atoms with Gasteiger partial charge in [-0.25, -0.2) is 4.79 Å². The molecule has 94 valence electrons. The summed E-state index contributed by atoms with van der Waals surface area (Å²) in [7, 11) is 0. The van der Waals surface area contributed by atoms with Gasteiger partial charge in [0.2, 0.25) is 0 Å². The van der Waals surface area contributed by atoms with Gasteiger partial charge < -0.3 is 14.3 Å². The molecule has 1 fully saturated rings. The first-order chi connectivity index (χ1) is 7.84. The molecule has 1 aliphatic heterocycles. The zero-order valence-corrected chi connectivity index (χ0v) is 10.3. The maximum Gasteiger partial charge on any atom is 0.412 e. The van der Waals surface area contributed by atoms with Crippen molar-refractivity contribution < 1.29 is 19.1 Å². The minimum absolute atomic E-state index is 0.364. The number of carbonyl (C=O) groups excluding carboxylic acids is 1. The summed E-state index contributed by atoms with van der Waals surface area (Å²) in [6, 6.07) is 3.63. The Bertz CT molecular complexity index is 408. The molecule has 1 aromatic heterocycles. The summed E-state index contributed by atoms with van der Waals surface area (Å²) in [5.74, 6) is 0.776. The molecular weight excluding hydrogens is 222 g/mol. The van der Waals surface area contributed by atoms with E-state index in [1.165, 1.54) is 4.90 Å². The standard InChI is InChI=1S/C12H17NO4/c1-11(2)12(3,15)13(10(14)17-11)7-6-9-5-4-8-16-9/h4-5,8,15H,6-7H2,1-3H3/t12-/m1/s1. The quantitative estimate of drug-likeness (QED) is 0.873. The van der Waals surface area contributed by atoms with Crippen LogP contribution in [0.5, 0.6) is 0 Å². The van der Waals surface area contributed by atoms with E-state index in [9.17, 15) is 9.90 Å². The average molecular weight is 239 g/mol. The molecule has 0 aliphatic carbocycles. The molecule has 1 amide bonds. The van der Waals surface area contributed by atoms with Crippen molar-refractivity contribution in [2.75, 3.05) is 6.54 Å². The SMILES string of the molecule is CC1(C)OC(=O)N(CCc2ccco2)[C@]1(C)O. The van der Waals surface area contributed by atoms with Gasteiger partial charge in [0.1, 0.15) is 5.76 Å². The third kappa shape index (κ3) is 1.91. The van der Waals surface area contributed by atoms with Gasteiger partial charge >= 0.3 is 6.09 Å². The van der Waals surface area contributed by atoms with E-state index in [0.29, 0.717) is 13.0 Å². The minimum Gasteiger partial charge on any atom is -0.469 e. The minimum atomic E-state index is -1.31. The van der Waals surface area contributed by atoms with Crippen molar-refractivity contribution in [3.05, 3.63) is 24.2 Å². The molecule has 1 saturated heterocycles. The summed E-state index contributed by atoms with van der Waals surface area (Å²) in [4.78, 5) is 13.0. The lowest BCUT2D eigenvalue weighted by molar-refractivity contribution is -0.127. The van der Waals surface area contributed by atoms with Crippen LogP contribution < -0.4 is 0 Å². The monoisotopic (exact) mass is 239 g/mol. The molecule has 0 spiro atoms. The number of hydrogen-bond acceptors (Lipinski definition) is 4. The molecule has 2 heterocycles. The number of nitrogens with zero attached hydrogens (tertiary/aromatic N) is 1. The number of amides is 1. The number of rotatable bonds is 3. The zero-order chi connectivity index (χ0) is 12.7. The lowest BCUT2D eigenvalue weighted by Gasteiger charge is -2.34. The molecule has 17 heavy (non-hydrogen) atoms. The Hall–Kier alpha value is -1.49. The smallest absolute Gasteiger partial charge is 0.412 e. The predicted molar refractivity (Wildman–Crippen MR) is 60.3 cm³/mol. The van der Waals surface area contributed by atoms with Gasteiger partial charge in [-0.1, -0.05) is 0 Å². The van der Waals surface area contributed by atoms with E-state index in [-0.39, 0.29) is 0 Å². The second-order valence-electron chi connectivity index (χ2n) is 4.88. The molecule has 0 unspecified atom stereocenters. The third-order valence-electron chi connectivity index (χ3n) is 3.39. The number of hydrogen-bond donors (Lipinski definition) is 1. The summed E-state index contributed by atoms with van der Waals surface area (Å²) in [6.07, 6.45) is 1.64. The Labute approximate surface area is 100.0 Å². The highest BCUT2D eigenvalue weighted by atomic mass is 16.6. The summed E-state index contributed by atoms with van der Waals surface area (Å²) in [5, 5.41) is 10.3. The van der Waals surface area contributed by atoms with Gasteiger partial charge in [0, 0.05) is 13.0 Å². The molecule has 5 nitrogen and oxygen atoms in total. The fourth-order valence-corrected chi connectivity index (χ4v) is 1.86. The van der Waals surface area contributed by atoms with Gasteiger partial charge in [-0.05, 0) is 32.9 Å². The van der Waals surface area contributed by atoms with E-state index in [4.69, 9.17) is 9.15 Å². The number of cyclic esters (lactones) is 1. The van der Waals surface area contributed by atoms with Crippen LogP contribution in [0.15, 0.2) is 22.8 Å². The van der Waals surface area contributed by atoms with Gasteiger partial charge in [-0.2, -0.15) is 0 Å². The Morgan fingerprint density at radius 3 is 2.59 bits per heavy atom. The maximum absolute atomic E-state index is 11.7. The molecular formula is C12H17NO4. The van der Waals surface area contributed by atoms with Crippen LogP contribution >= 0.6 is 0 Å². The Morgan fingerprint density at radius 2 is 2.12 bits per heavy atom. The van der Waals surface area contributed by atoms with E-state index >= 15 is 0 Å². The van der Waals surface area contributed by atoms with Crippen molar-refractivity contribution in [3.8, 4) is 0 Å². The van der Waals surface area contributed by atoms with E-state index in [1.807, 2.05) is 6.07 Å². The van der Waals surface area contributed by atoms with E-state index < -0.39 is 17.4 Å². The van der Waals surface area contributed by atoms with Crippen LogP contribution in [0.3, 0.4) is 0 Å². The van der Waals surface area contributed by atoms with E-state index in [1.54, 1.807) is 33.1 Å². The molecule has 5 heteroatoms. The van der Waals surface area contributed by atoms with Crippen molar-refractivity contribution in [2.24, 2.45) is 0 Å². The summed E-state index contributed by atoms with van der Waals surface area (Å²) >= 11 is 0. The fraction of sp³-hybridized carbons (Fsp3) is 0.583. The molecule has 0 aromatic carbocycles. The van der Waals surface area contributed by atoms with E-state index in [0.717, 1.165) is 5.76 Å². The van der Waals surface area contributed by atoms with Gasteiger partial charge in [0.15, 0.2) is 11.3 Å². The molecule has 1 N–H and O–H groups in total. The van der Waals surface area contributed by atoms with Gasteiger partial charge in [0.05, 0.1) is 6.26 Å². The van der Waals surface area contributed by atoms with Crippen LogP contribution in [0.25, 0.3) is 0 Å². The second-order valence-corrected chi connectivity index (χ2v) is 4.88. The number of furan rings is 1. The lowest BCUT2D eigenvalue weighted by Crippen LogP contribution is -2.53. The van der Waals surface area contributed by atoms with Gasteiger partial charge in [-0.3, -0.25) is 4.90 Å². The van der Waals surface area contributed by atoms with Crippen molar-refractivity contribution in [1.82, 2.24) is 4.90 Å². The summed E-state index contributed by atoms with van der Waals surface area (Å²) in [6.45, 7) is 5.33. The number of ether oxygens (including phenoxy) is 1. The highest BCUT2D eigenvalue weighted by Crippen LogP contribution is 2.36. The predicted octanol–water partition coefficient (Wildman–Crippen LogP) is 1.76. The molecule has 2 rings (SSSR count). The fourth-order valence-electron chi connectivity index (χ4n) is 1.86. The first kappa shape index (κ1) is 12.0. The average Bonchev–Trinajstić information content (AvgIpc) is 2.73. The van der Waals surface area contributed by atoms with Crippen molar-refractivity contribution in [3.63, 3.8) is 0 Å². The highest BCUT2D eigenvalue weighted by Gasteiger charge is 2.56. The zero-order valence-electron chi connectivity index (χ0n) is 10.3. The van der Waals surface area contributed by atoms with Crippen LogP contribution in [0.4, 0.5) is 4.79 Å². The van der Waals surface area contributed by atoms with Gasteiger partial charge in [0.25, 0.3) is 0 Å². The molecule has 1 aromatic rings. The van der Waals surface area contributed by atoms with Crippen LogP contribution in [0, 0.1) is 0 Å². The molecule has 0 bridgehead atoms. The topological polar surface area (TPSA) is 62.9 Å². The normalized spacial score (nSPS) is 27.3. The van der Waals surface area contributed by atoms with Gasteiger partial charge in [-0.15, -0.1) is 0 Å². The van der Waals surface area contributed by atoms with Crippen molar-refractivity contribution in [1.29, 1.82) is 0 Å². The third-order valence-corrected chi connectivity index (χ3v) is 3.39. The van der Waals surface area contributed by atoms with Crippen LogP contribution in [0.1, 0.15) is 26.5 Å². The van der Waals surface area contributed by atoms with Crippen LogP contribution in [-0.2, 0) is 11.2 Å². The number of aliphatic hydroxyl groups is 1. The lowest BCUT2D eigenvalue weighted by atomic mass is 9.96. The van der Waals surface area contributed by atoms with Crippen LogP contribution in [0.2, 0.25) is 0 Å². The molecule has 1 aliphatic rings. The first-order valence-electron chi connectivity index (χ1n) is 5.60. The molecule has 1 atom stereocenters. The highest BCUT2D eigenvalue weighted by molar-refractivity contribution is 5.72. The summed E-state index contributed by atoms with van der Waals surface area (Å²) in [5.41, 5.74) is -2.22. The second kappa shape index (κ2) is 3.77.